The summed E-state index contributed by atoms with van der Waals surface area (Å²) in [5.74, 6) is -3.96. The van der Waals surface area contributed by atoms with Gasteiger partial charge in [-0.3, -0.25) is 4.79 Å². The molecule has 1 aliphatic carbocycles. The zero-order valence-electron chi connectivity index (χ0n) is 14.0. The highest BCUT2D eigenvalue weighted by molar-refractivity contribution is 5.85. The molecule has 4 nitrogen and oxygen atoms in total. The zero-order chi connectivity index (χ0) is 18.6. The number of hydrogen-bond donors (Lipinski definition) is 1. The van der Waals surface area contributed by atoms with Crippen LogP contribution in [0, 0.1) is 11.8 Å². The number of carboxylic acids is 1. The average molecular weight is 357 g/mol. The lowest BCUT2D eigenvalue weighted by Crippen LogP contribution is -2.47. The maximum Gasteiger partial charge on any atom is 0.391 e. The van der Waals surface area contributed by atoms with E-state index in [4.69, 9.17) is 0 Å². The summed E-state index contributed by atoms with van der Waals surface area (Å²) in [5, 5.41) is 9.29. The third kappa shape index (κ3) is 4.96. The largest absolute Gasteiger partial charge is 0.480 e. The monoisotopic (exact) mass is 357 g/mol. The smallest absolute Gasteiger partial charge is 0.391 e. The molecular formula is C18H22F3NO3. The Hall–Kier alpha value is -2.05. The molecule has 25 heavy (non-hydrogen) atoms. The molecule has 7 heteroatoms. The van der Waals surface area contributed by atoms with Crippen LogP contribution in [-0.2, 0) is 16.1 Å². The van der Waals surface area contributed by atoms with E-state index in [1.54, 1.807) is 30.3 Å². The topological polar surface area (TPSA) is 57.6 Å². The van der Waals surface area contributed by atoms with Gasteiger partial charge in [0.15, 0.2) is 0 Å². The first-order valence-electron chi connectivity index (χ1n) is 8.34. The molecule has 3 unspecified atom stereocenters. The van der Waals surface area contributed by atoms with Gasteiger partial charge in [0.05, 0.1) is 5.92 Å². The maximum atomic E-state index is 13.0. The van der Waals surface area contributed by atoms with Gasteiger partial charge in [0.1, 0.15) is 6.04 Å². The van der Waals surface area contributed by atoms with E-state index in [9.17, 15) is 27.9 Å². The number of amides is 1. The lowest BCUT2D eigenvalue weighted by Gasteiger charge is -2.35. The quantitative estimate of drug-likeness (QED) is 0.871. The summed E-state index contributed by atoms with van der Waals surface area (Å²) in [7, 11) is 0. The van der Waals surface area contributed by atoms with E-state index < -0.39 is 35.9 Å². The molecule has 1 fully saturated rings. The molecule has 0 spiro atoms. The molecule has 0 bridgehead atoms. The Labute approximate surface area is 144 Å². The van der Waals surface area contributed by atoms with Crippen LogP contribution in [-0.4, -0.2) is 34.1 Å². The van der Waals surface area contributed by atoms with E-state index in [1.807, 2.05) is 0 Å². The number of carboxylic acid groups (broad SMARTS) is 1. The summed E-state index contributed by atoms with van der Waals surface area (Å²) in [6, 6.07) is 7.75. The molecule has 0 heterocycles. The fraction of sp³-hybridized carbons (Fsp3) is 0.556. The molecule has 3 atom stereocenters. The van der Waals surface area contributed by atoms with Crippen molar-refractivity contribution in [1.29, 1.82) is 0 Å². The van der Waals surface area contributed by atoms with Crippen molar-refractivity contribution in [3.8, 4) is 0 Å². The fourth-order valence-electron chi connectivity index (χ4n) is 3.27. The molecule has 0 radical (unpaired) electrons. The van der Waals surface area contributed by atoms with Crippen molar-refractivity contribution in [2.24, 2.45) is 11.8 Å². The van der Waals surface area contributed by atoms with Crippen molar-refractivity contribution in [3.63, 3.8) is 0 Å². The highest BCUT2D eigenvalue weighted by Gasteiger charge is 2.44. The number of hydrogen-bond acceptors (Lipinski definition) is 2. The number of carbonyl (C=O) groups excluding carboxylic acids is 1. The number of benzene rings is 1. The average Bonchev–Trinajstić information content (AvgIpc) is 2.58. The van der Waals surface area contributed by atoms with Gasteiger partial charge in [-0.25, -0.2) is 4.79 Å². The minimum atomic E-state index is -4.32. The van der Waals surface area contributed by atoms with Gasteiger partial charge < -0.3 is 10.0 Å². The lowest BCUT2D eigenvalue weighted by molar-refractivity contribution is -0.188. The van der Waals surface area contributed by atoms with Gasteiger partial charge in [-0.2, -0.15) is 13.2 Å². The van der Waals surface area contributed by atoms with Crippen molar-refractivity contribution in [2.45, 2.75) is 51.4 Å². The molecule has 0 aliphatic heterocycles. The summed E-state index contributed by atoms with van der Waals surface area (Å²) >= 11 is 0. The van der Waals surface area contributed by atoms with Crippen molar-refractivity contribution in [3.05, 3.63) is 35.9 Å². The number of alkyl halides is 3. The lowest BCUT2D eigenvalue weighted by atomic mass is 9.80. The second kappa shape index (κ2) is 7.89. The number of rotatable bonds is 5. The molecule has 2 rings (SSSR count). The van der Waals surface area contributed by atoms with Crippen molar-refractivity contribution >= 4 is 11.9 Å². The van der Waals surface area contributed by atoms with Crippen LogP contribution in [0.5, 0.6) is 0 Å². The van der Waals surface area contributed by atoms with Gasteiger partial charge in [-0.15, -0.1) is 0 Å². The molecular weight excluding hydrogens is 335 g/mol. The first-order chi connectivity index (χ1) is 11.7. The Kier molecular flexibility index (Phi) is 6.08. The Bertz CT molecular complexity index is 603. The molecule has 138 valence electrons. The van der Waals surface area contributed by atoms with Crippen molar-refractivity contribution in [2.75, 3.05) is 0 Å². The normalized spacial score (nSPS) is 22.2. The van der Waals surface area contributed by atoms with Gasteiger partial charge >= 0.3 is 12.1 Å². The third-order valence-corrected chi connectivity index (χ3v) is 4.79. The van der Waals surface area contributed by atoms with Crippen LogP contribution in [0.25, 0.3) is 0 Å². The minimum absolute atomic E-state index is 0.0282. The summed E-state index contributed by atoms with van der Waals surface area (Å²) in [6.07, 6.45) is -3.87. The van der Waals surface area contributed by atoms with Gasteiger partial charge in [-0.05, 0) is 31.7 Å². The second-order valence-electron chi connectivity index (χ2n) is 6.57. The highest BCUT2D eigenvalue weighted by Crippen LogP contribution is 2.40. The Morgan fingerprint density at radius 1 is 1.24 bits per heavy atom. The Morgan fingerprint density at radius 3 is 2.44 bits per heavy atom. The summed E-state index contributed by atoms with van der Waals surface area (Å²) < 4.78 is 39.0. The molecule has 0 aromatic heterocycles. The minimum Gasteiger partial charge on any atom is -0.480 e. The molecule has 1 amide bonds. The fourth-order valence-corrected chi connectivity index (χ4v) is 3.27. The van der Waals surface area contributed by atoms with E-state index >= 15 is 0 Å². The Balaban J connectivity index is 2.18. The molecule has 1 N–H and O–H groups in total. The van der Waals surface area contributed by atoms with Crippen LogP contribution < -0.4 is 0 Å². The second-order valence-corrected chi connectivity index (χ2v) is 6.57. The van der Waals surface area contributed by atoms with Crippen LogP contribution in [0.2, 0.25) is 0 Å². The standard InChI is InChI=1S/C18H22F3NO3/c1-12(17(24)25)22(11-13-6-3-2-4-7-13)16(23)14-8-5-9-15(10-14)18(19,20)21/h2-4,6-7,12,14-15H,5,8-11H2,1H3,(H,24,25). The van der Waals surface area contributed by atoms with Crippen LogP contribution >= 0.6 is 0 Å². The van der Waals surface area contributed by atoms with E-state index in [0.29, 0.717) is 12.8 Å². The number of carbonyl (C=O) groups is 2. The first-order valence-corrected chi connectivity index (χ1v) is 8.34. The summed E-state index contributed by atoms with van der Waals surface area (Å²) in [5.41, 5.74) is 0.743. The number of nitrogens with zero attached hydrogens (tertiary/aromatic N) is 1. The van der Waals surface area contributed by atoms with E-state index in [-0.39, 0.29) is 19.4 Å². The van der Waals surface area contributed by atoms with E-state index in [0.717, 1.165) is 5.56 Å². The zero-order valence-corrected chi connectivity index (χ0v) is 14.0. The van der Waals surface area contributed by atoms with Gasteiger partial charge in [0, 0.05) is 12.5 Å². The van der Waals surface area contributed by atoms with Crippen LogP contribution in [0.3, 0.4) is 0 Å². The Morgan fingerprint density at radius 2 is 1.88 bits per heavy atom. The highest BCUT2D eigenvalue weighted by atomic mass is 19.4. The molecule has 1 saturated carbocycles. The SMILES string of the molecule is CC(C(=O)O)N(Cc1ccccc1)C(=O)C1CCCC(C(F)(F)F)C1. The van der Waals surface area contributed by atoms with Crippen molar-refractivity contribution < 1.29 is 27.9 Å². The summed E-state index contributed by atoms with van der Waals surface area (Å²) in [6.45, 7) is 1.45. The third-order valence-electron chi connectivity index (χ3n) is 4.79. The molecule has 0 saturated heterocycles. The van der Waals surface area contributed by atoms with Crippen LogP contribution in [0.15, 0.2) is 30.3 Å². The van der Waals surface area contributed by atoms with E-state index in [2.05, 4.69) is 0 Å². The predicted octanol–water partition coefficient (Wildman–Crippen LogP) is 3.86. The van der Waals surface area contributed by atoms with Crippen LogP contribution in [0.1, 0.15) is 38.2 Å². The van der Waals surface area contributed by atoms with Gasteiger partial charge in [0.2, 0.25) is 5.91 Å². The molecule has 1 aromatic rings. The van der Waals surface area contributed by atoms with E-state index in [1.165, 1.54) is 11.8 Å². The van der Waals surface area contributed by atoms with Gasteiger partial charge in [-0.1, -0.05) is 36.8 Å². The van der Waals surface area contributed by atoms with Crippen molar-refractivity contribution in [1.82, 2.24) is 4.90 Å². The molecule has 1 aliphatic rings. The summed E-state index contributed by atoms with van der Waals surface area (Å²) in [4.78, 5) is 25.4. The number of aliphatic carboxylic acids is 1. The van der Waals surface area contributed by atoms with Gasteiger partial charge in [0.25, 0.3) is 0 Å². The first kappa shape index (κ1) is 19.3. The number of halogens is 3. The predicted molar refractivity (Wildman–Crippen MR) is 85.6 cm³/mol. The van der Waals surface area contributed by atoms with Crippen LogP contribution in [0.4, 0.5) is 13.2 Å². The maximum absolute atomic E-state index is 13.0. The molecule has 1 aromatic carbocycles.